The number of nitrogens with one attached hydrogen (secondary N) is 1. The number of ether oxygens (including phenoxy) is 1. The maximum Gasteiger partial charge on any atom is 0.359 e. The van der Waals surface area contributed by atoms with E-state index in [1.165, 1.54) is 0 Å². The van der Waals surface area contributed by atoms with Crippen LogP contribution in [0.4, 0.5) is 5.82 Å². The summed E-state index contributed by atoms with van der Waals surface area (Å²) in [5, 5.41) is 10.7. The Morgan fingerprint density at radius 3 is 2.58 bits per heavy atom. The number of esters is 1. The van der Waals surface area contributed by atoms with Gasteiger partial charge in [0.25, 0.3) is 5.91 Å². The van der Waals surface area contributed by atoms with Gasteiger partial charge in [0.05, 0.1) is 0 Å². The third kappa shape index (κ3) is 4.56. The molecule has 1 aromatic carbocycles. The summed E-state index contributed by atoms with van der Waals surface area (Å²) < 4.78 is 5.01. The van der Waals surface area contributed by atoms with E-state index >= 15 is 0 Å². The second kappa shape index (κ2) is 8.42. The van der Waals surface area contributed by atoms with E-state index in [0.29, 0.717) is 6.54 Å². The largest absolute Gasteiger partial charge is 0.451 e. The molecule has 1 N–H and O–H groups in total. The maximum atomic E-state index is 12.0. The van der Waals surface area contributed by atoms with Crippen molar-refractivity contribution < 1.29 is 14.3 Å². The molecule has 1 fully saturated rings. The molecule has 0 bridgehead atoms. The lowest BCUT2D eigenvalue weighted by Crippen LogP contribution is -2.28. The summed E-state index contributed by atoms with van der Waals surface area (Å²) in [5.74, 6) is -0.255. The van der Waals surface area contributed by atoms with Gasteiger partial charge >= 0.3 is 5.97 Å². The van der Waals surface area contributed by atoms with Gasteiger partial charge in [0, 0.05) is 19.6 Å². The molecule has 0 spiro atoms. The van der Waals surface area contributed by atoms with E-state index in [0.717, 1.165) is 42.9 Å². The molecule has 3 rings (SSSR count). The first-order valence-electron chi connectivity index (χ1n) is 8.70. The van der Waals surface area contributed by atoms with Gasteiger partial charge in [0.15, 0.2) is 18.1 Å². The van der Waals surface area contributed by atoms with Crippen LogP contribution in [0.3, 0.4) is 0 Å². The van der Waals surface area contributed by atoms with Crippen LogP contribution >= 0.6 is 0 Å². The minimum Gasteiger partial charge on any atom is -0.451 e. The van der Waals surface area contributed by atoms with Gasteiger partial charge in [0.1, 0.15) is 0 Å². The molecule has 0 unspecified atom stereocenters. The standard InChI is InChI=1S/C19H22N4O3/c1-14-6-2-3-7-15(14)12-20-18(24)13-26-19(25)16-8-9-17(22-21-16)23-10-4-5-11-23/h2-3,6-9H,4-5,10-13H2,1H3,(H,20,24). The van der Waals surface area contributed by atoms with Crippen molar-refractivity contribution in [2.45, 2.75) is 26.3 Å². The van der Waals surface area contributed by atoms with E-state index in [9.17, 15) is 9.59 Å². The minimum atomic E-state index is -0.656. The summed E-state index contributed by atoms with van der Waals surface area (Å²) in [6, 6.07) is 11.1. The lowest BCUT2D eigenvalue weighted by atomic mass is 10.1. The van der Waals surface area contributed by atoms with Gasteiger partial charge in [-0.05, 0) is 43.0 Å². The summed E-state index contributed by atoms with van der Waals surface area (Å²) in [6.45, 7) is 3.94. The zero-order valence-electron chi connectivity index (χ0n) is 14.8. The van der Waals surface area contributed by atoms with Crippen molar-refractivity contribution in [1.82, 2.24) is 15.5 Å². The van der Waals surface area contributed by atoms with Crippen LogP contribution in [-0.4, -0.2) is 41.8 Å². The summed E-state index contributed by atoms with van der Waals surface area (Å²) in [7, 11) is 0. The van der Waals surface area contributed by atoms with Crippen molar-refractivity contribution in [3.63, 3.8) is 0 Å². The van der Waals surface area contributed by atoms with Crippen LogP contribution in [-0.2, 0) is 16.1 Å². The smallest absolute Gasteiger partial charge is 0.359 e. The van der Waals surface area contributed by atoms with Gasteiger partial charge in [-0.1, -0.05) is 24.3 Å². The first-order chi connectivity index (χ1) is 12.6. The number of carbonyl (C=O) groups is 2. The average molecular weight is 354 g/mol. The number of aromatic nitrogens is 2. The fourth-order valence-electron chi connectivity index (χ4n) is 2.81. The molecule has 0 atom stereocenters. The molecule has 1 aliphatic heterocycles. The number of aryl methyl sites for hydroxylation is 1. The lowest BCUT2D eigenvalue weighted by molar-refractivity contribution is -0.124. The first-order valence-corrected chi connectivity index (χ1v) is 8.70. The first kappa shape index (κ1) is 17.8. The monoisotopic (exact) mass is 354 g/mol. The number of benzene rings is 1. The minimum absolute atomic E-state index is 0.0969. The van der Waals surface area contributed by atoms with Gasteiger partial charge in [-0.25, -0.2) is 4.79 Å². The van der Waals surface area contributed by atoms with E-state index in [1.807, 2.05) is 31.2 Å². The molecule has 0 aliphatic carbocycles. The van der Waals surface area contributed by atoms with Crippen LogP contribution in [0.15, 0.2) is 36.4 Å². The fourth-order valence-corrected chi connectivity index (χ4v) is 2.81. The molecule has 1 aliphatic rings. The molecule has 1 amide bonds. The summed E-state index contributed by atoms with van der Waals surface area (Å²) in [4.78, 5) is 26.0. The predicted octanol–water partition coefficient (Wildman–Crippen LogP) is 1.86. The van der Waals surface area contributed by atoms with Crippen LogP contribution in [0.1, 0.15) is 34.5 Å². The van der Waals surface area contributed by atoms with Crippen molar-refractivity contribution in [2.24, 2.45) is 0 Å². The Kier molecular flexibility index (Phi) is 5.78. The Morgan fingerprint density at radius 1 is 1.12 bits per heavy atom. The summed E-state index contributed by atoms with van der Waals surface area (Å²) >= 11 is 0. The maximum absolute atomic E-state index is 12.0. The Morgan fingerprint density at radius 2 is 1.88 bits per heavy atom. The average Bonchev–Trinajstić information content (AvgIpc) is 3.20. The highest BCUT2D eigenvalue weighted by atomic mass is 16.5. The van der Waals surface area contributed by atoms with Crippen LogP contribution in [0, 0.1) is 6.92 Å². The van der Waals surface area contributed by atoms with E-state index in [-0.39, 0.29) is 18.2 Å². The van der Waals surface area contributed by atoms with Crippen LogP contribution < -0.4 is 10.2 Å². The van der Waals surface area contributed by atoms with Gasteiger partial charge in [0.2, 0.25) is 0 Å². The van der Waals surface area contributed by atoms with Crippen molar-refractivity contribution in [3.8, 4) is 0 Å². The molecule has 1 aromatic heterocycles. The quantitative estimate of drug-likeness (QED) is 0.797. The van der Waals surface area contributed by atoms with Gasteiger partial charge in [-0.2, -0.15) is 0 Å². The topological polar surface area (TPSA) is 84.4 Å². The van der Waals surface area contributed by atoms with Gasteiger partial charge < -0.3 is 15.0 Å². The number of nitrogens with zero attached hydrogens (tertiary/aromatic N) is 3. The molecule has 2 heterocycles. The van der Waals surface area contributed by atoms with Gasteiger partial charge in [-0.15, -0.1) is 10.2 Å². The van der Waals surface area contributed by atoms with E-state index < -0.39 is 5.97 Å². The second-order valence-corrected chi connectivity index (χ2v) is 6.25. The zero-order chi connectivity index (χ0) is 18.4. The predicted molar refractivity (Wildman–Crippen MR) is 96.8 cm³/mol. The lowest BCUT2D eigenvalue weighted by Gasteiger charge is -2.15. The number of hydrogen-bond donors (Lipinski definition) is 1. The molecule has 0 saturated carbocycles. The van der Waals surface area contributed by atoms with Crippen molar-refractivity contribution >= 4 is 17.7 Å². The molecule has 7 nitrogen and oxygen atoms in total. The summed E-state index contributed by atoms with van der Waals surface area (Å²) in [5.41, 5.74) is 2.22. The van der Waals surface area contributed by atoms with Crippen molar-refractivity contribution in [2.75, 3.05) is 24.6 Å². The summed E-state index contributed by atoms with van der Waals surface area (Å²) in [6.07, 6.45) is 2.28. The van der Waals surface area contributed by atoms with Crippen LogP contribution in [0.2, 0.25) is 0 Å². The molecule has 7 heteroatoms. The third-order valence-corrected chi connectivity index (χ3v) is 4.36. The highest BCUT2D eigenvalue weighted by Crippen LogP contribution is 2.16. The Bertz CT molecular complexity index is 771. The highest BCUT2D eigenvalue weighted by Gasteiger charge is 2.16. The second-order valence-electron chi connectivity index (χ2n) is 6.25. The Labute approximate surface area is 152 Å². The normalized spacial score (nSPS) is 13.5. The molecular weight excluding hydrogens is 332 g/mol. The molecule has 2 aromatic rings. The van der Waals surface area contributed by atoms with Crippen LogP contribution in [0.25, 0.3) is 0 Å². The van der Waals surface area contributed by atoms with E-state index in [2.05, 4.69) is 20.4 Å². The van der Waals surface area contributed by atoms with E-state index in [4.69, 9.17) is 4.74 Å². The Balaban J connectivity index is 1.45. The fraction of sp³-hybridized carbons (Fsp3) is 0.368. The van der Waals surface area contributed by atoms with Crippen molar-refractivity contribution in [1.29, 1.82) is 0 Å². The molecule has 0 radical (unpaired) electrons. The Hall–Kier alpha value is -2.96. The number of rotatable bonds is 6. The number of amides is 1. The zero-order valence-corrected chi connectivity index (χ0v) is 14.8. The highest BCUT2D eigenvalue weighted by molar-refractivity contribution is 5.89. The molecule has 136 valence electrons. The molecule has 1 saturated heterocycles. The number of hydrogen-bond acceptors (Lipinski definition) is 6. The van der Waals surface area contributed by atoms with Crippen LogP contribution in [0.5, 0.6) is 0 Å². The third-order valence-electron chi connectivity index (χ3n) is 4.36. The SMILES string of the molecule is Cc1ccccc1CNC(=O)COC(=O)c1ccc(N2CCCC2)nn1. The number of carbonyl (C=O) groups excluding carboxylic acids is 2. The number of anilines is 1. The molecular formula is C19H22N4O3. The molecule has 26 heavy (non-hydrogen) atoms. The van der Waals surface area contributed by atoms with Crippen molar-refractivity contribution in [3.05, 3.63) is 53.2 Å². The van der Waals surface area contributed by atoms with E-state index in [1.54, 1.807) is 12.1 Å². The van der Waals surface area contributed by atoms with Gasteiger partial charge in [-0.3, -0.25) is 4.79 Å².